The summed E-state index contributed by atoms with van der Waals surface area (Å²) < 4.78 is 14.7. The molecule has 0 bridgehead atoms. The van der Waals surface area contributed by atoms with E-state index in [1.807, 2.05) is 0 Å². The van der Waals surface area contributed by atoms with E-state index in [0.717, 1.165) is 62.6 Å². The predicted molar refractivity (Wildman–Crippen MR) is 143 cm³/mol. The van der Waals surface area contributed by atoms with E-state index in [2.05, 4.69) is 107 Å². The molecule has 5 heteroatoms. The topological polar surface area (TPSA) is 25.6 Å². The lowest BCUT2D eigenvalue weighted by molar-refractivity contribution is 0.221. The maximum atomic E-state index is 6.22. The zero-order valence-electron chi connectivity index (χ0n) is 18.1. The van der Waals surface area contributed by atoms with Gasteiger partial charge in [-0.1, -0.05) is 45.4 Å². The molecule has 30 heavy (non-hydrogen) atoms. The van der Waals surface area contributed by atoms with Gasteiger partial charge in [-0.3, -0.25) is 0 Å². The molecular formula is C25H31I2NO2. The molecule has 0 saturated heterocycles. The molecule has 1 aromatic heterocycles. The van der Waals surface area contributed by atoms with Crippen molar-refractivity contribution < 1.29 is 9.15 Å². The van der Waals surface area contributed by atoms with Crippen LogP contribution in [0.4, 0.5) is 0 Å². The Morgan fingerprint density at radius 2 is 1.70 bits per heavy atom. The second kappa shape index (κ2) is 11.7. The zero-order chi connectivity index (χ0) is 21.5. The Hall–Kier alpha value is -0.800. The molecule has 0 radical (unpaired) electrons. The Balaban J connectivity index is 1.81. The highest BCUT2D eigenvalue weighted by molar-refractivity contribution is 14.1. The lowest BCUT2D eigenvalue weighted by atomic mass is 9.99. The highest BCUT2D eigenvalue weighted by Crippen LogP contribution is 2.33. The van der Waals surface area contributed by atoms with Crippen LogP contribution in [0.5, 0.6) is 5.75 Å². The van der Waals surface area contributed by atoms with E-state index in [1.54, 1.807) is 0 Å². The van der Waals surface area contributed by atoms with E-state index in [0.29, 0.717) is 0 Å². The van der Waals surface area contributed by atoms with Crippen LogP contribution in [0.2, 0.25) is 0 Å². The van der Waals surface area contributed by atoms with Gasteiger partial charge in [-0.25, -0.2) is 0 Å². The van der Waals surface area contributed by atoms with Crippen LogP contribution in [0.25, 0.3) is 11.0 Å². The number of rotatable bonds is 11. The summed E-state index contributed by atoms with van der Waals surface area (Å²) in [6.45, 7) is 10.4. The summed E-state index contributed by atoms with van der Waals surface area (Å²) in [4.78, 5) is 2.38. The van der Waals surface area contributed by atoms with Crippen molar-refractivity contribution in [3.8, 4) is 5.75 Å². The fourth-order valence-electron chi connectivity index (χ4n) is 3.76. The molecule has 2 aromatic carbocycles. The number of fused-ring (bicyclic) bond motifs is 1. The van der Waals surface area contributed by atoms with Crippen molar-refractivity contribution in [2.75, 3.05) is 26.2 Å². The minimum Gasteiger partial charge on any atom is -0.490 e. The molecule has 0 N–H and O–H groups in total. The molecule has 1 heterocycles. The highest BCUT2D eigenvalue weighted by atomic mass is 127. The van der Waals surface area contributed by atoms with Gasteiger partial charge in [0.15, 0.2) is 0 Å². The smallest absolute Gasteiger partial charge is 0.146 e. The van der Waals surface area contributed by atoms with Gasteiger partial charge in [-0.05, 0) is 88.5 Å². The summed E-state index contributed by atoms with van der Waals surface area (Å²) in [7, 11) is 0. The lowest BCUT2D eigenvalue weighted by Gasteiger charge is -2.19. The summed E-state index contributed by atoms with van der Waals surface area (Å²) in [5.74, 6) is 2.15. The molecule has 0 fully saturated rings. The van der Waals surface area contributed by atoms with Gasteiger partial charge in [0, 0.05) is 30.3 Å². The van der Waals surface area contributed by atoms with Crippen molar-refractivity contribution in [1.29, 1.82) is 0 Å². The van der Waals surface area contributed by atoms with Crippen molar-refractivity contribution in [2.45, 2.75) is 46.5 Å². The van der Waals surface area contributed by atoms with Crippen LogP contribution in [0.15, 0.2) is 40.8 Å². The van der Waals surface area contributed by atoms with Gasteiger partial charge in [-0.2, -0.15) is 0 Å². The van der Waals surface area contributed by atoms with Crippen LogP contribution in [-0.2, 0) is 12.8 Å². The van der Waals surface area contributed by atoms with Gasteiger partial charge in [-0.15, -0.1) is 0 Å². The summed E-state index contributed by atoms with van der Waals surface area (Å²) in [6, 6.07) is 12.9. The van der Waals surface area contributed by atoms with Crippen molar-refractivity contribution >= 4 is 56.2 Å². The molecule has 0 aliphatic rings. The van der Waals surface area contributed by atoms with Crippen LogP contribution in [0.1, 0.15) is 50.5 Å². The van der Waals surface area contributed by atoms with Crippen LogP contribution < -0.4 is 4.74 Å². The largest absolute Gasteiger partial charge is 0.490 e. The number of halogens is 2. The van der Waals surface area contributed by atoms with Gasteiger partial charge < -0.3 is 14.1 Å². The molecule has 3 rings (SSSR count). The van der Waals surface area contributed by atoms with Crippen molar-refractivity contribution in [3.63, 3.8) is 0 Å². The summed E-state index contributed by atoms with van der Waals surface area (Å²) >= 11 is 4.82. The van der Waals surface area contributed by atoms with Crippen LogP contribution in [0, 0.1) is 7.14 Å². The minimum absolute atomic E-state index is 0.723. The highest BCUT2D eigenvalue weighted by Gasteiger charge is 2.16. The number of hydrogen-bond acceptors (Lipinski definition) is 3. The van der Waals surface area contributed by atoms with Crippen LogP contribution in [-0.4, -0.2) is 31.1 Å². The molecule has 162 valence electrons. The van der Waals surface area contributed by atoms with E-state index < -0.39 is 0 Å². The number of likely N-dealkylation sites (N-methyl/N-ethyl adjacent to an activating group) is 1. The Labute approximate surface area is 207 Å². The van der Waals surface area contributed by atoms with Crippen molar-refractivity contribution in [3.05, 3.63) is 60.4 Å². The van der Waals surface area contributed by atoms with Gasteiger partial charge in [0.25, 0.3) is 0 Å². The third-order valence-corrected chi connectivity index (χ3v) is 7.13. The summed E-state index contributed by atoms with van der Waals surface area (Å²) in [5, 5.41) is 1.24. The van der Waals surface area contributed by atoms with Gasteiger partial charge in [0.2, 0.25) is 0 Å². The molecule has 0 unspecified atom stereocenters. The Kier molecular flexibility index (Phi) is 9.32. The average Bonchev–Trinajstić information content (AvgIpc) is 3.08. The van der Waals surface area contributed by atoms with E-state index in [9.17, 15) is 0 Å². The number of unbranched alkanes of at least 4 members (excludes halogenated alkanes) is 1. The Morgan fingerprint density at radius 1 is 1.00 bits per heavy atom. The molecule has 3 aromatic rings. The molecular weight excluding hydrogens is 600 g/mol. The maximum Gasteiger partial charge on any atom is 0.146 e. The summed E-state index contributed by atoms with van der Waals surface area (Å²) in [5.41, 5.74) is 3.64. The normalized spacial score (nSPS) is 11.5. The monoisotopic (exact) mass is 631 g/mol. The average molecular weight is 631 g/mol. The molecule has 0 saturated carbocycles. The van der Waals surface area contributed by atoms with Gasteiger partial charge in [0.05, 0.1) is 7.14 Å². The van der Waals surface area contributed by atoms with Gasteiger partial charge >= 0.3 is 0 Å². The second-order valence-electron chi connectivity index (χ2n) is 7.54. The lowest BCUT2D eigenvalue weighted by Crippen LogP contribution is -2.28. The number of nitrogens with zero attached hydrogens (tertiary/aromatic N) is 1. The first-order chi connectivity index (χ1) is 14.6. The third-order valence-electron chi connectivity index (χ3n) is 5.53. The van der Waals surface area contributed by atoms with E-state index >= 15 is 0 Å². The van der Waals surface area contributed by atoms with E-state index in [1.165, 1.54) is 30.1 Å². The van der Waals surface area contributed by atoms with E-state index in [-0.39, 0.29) is 0 Å². The fraction of sp³-hybridized carbons (Fsp3) is 0.440. The second-order valence-corrected chi connectivity index (χ2v) is 9.87. The quantitative estimate of drug-likeness (QED) is 0.208. The number of benzene rings is 2. The van der Waals surface area contributed by atoms with Crippen molar-refractivity contribution in [1.82, 2.24) is 4.90 Å². The number of furan rings is 1. The SMILES string of the molecule is CCCCc1oc2ccccc2c1Cc1cc(I)c(OCCN(CC)CC)c(I)c1. The molecule has 0 amide bonds. The van der Waals surface area contributed by atoms with Crippen molar-refractivity contribution in [2.24, 2.45) is 0 Å². The number of ether oxygens (including phenoxy) is 1. The summed E-state index contributed by atoms with van der Waals surface area (Å²) in [6.07, 6.45) is 4.22. The van der Waals surface area contributed by atoms with E-state index in [4.69, 9.17) is 9.15 Å². The Bertz CT molecular complexity index is 940. The molecule has 0 aliphatic heterocycles. The molecule has 3 nitrogen and oxygen atoms in total. The number of hydrogen-bond donors (Lipinski definition) is 0. The van der Waals surface area contributed by atoms with Crippen LogP contribution in [0.3, 0.4) is 0 Å². The number of para-hydroxylation sites is 1. The third kappa shape index (κ3) is 5.91. The van der Waals surface area contributed by atoms with Gasteiger partial charge in [0.1, 0.15) is 23.7 Å². The first kappa shape index (κ1) is 23.9. The minimum atomic E-state index is 0.723. The number of aryl methyl sites for hydroxylation is 1. The predicted octanol–water partition coefficient (Wildman–Crippen LogP) is 7.30. The first-order valence-corrected chi connectivity index (χ1v) is 13.0. The fourth-order valence-corrected chi connectivity index (χ4v) is 5.96. The zero-order valence-corrected chi connectivity index (χ0v) is 22.5. The first-order valence-electron chi connectivity index (χ1n) is 10.9. The molecule has 0 aliphatic carbocycles. The molecule has 0 spiro atoms. The molecule has 0 atom stereocenters. The van der Waals surface area contributed by atoms with Crippen LogP contribution >= 0.6 is 45.2 Å². The Morgan fingerprint density at radius 3 is 2.37 bits per heavy atom. The standard InChI is InChI=1S/C25H31I2NO2/c1-4-7-11-24-20(19-10-8-9-12-23(19)30-24)15-18-16-21(26)25(22(27)17-18)29-14-13-28(5-2)6-3/h8-10,12,16-17H,4-7,11,13-15H2,1-3H3. The maximum absolute atomic E-state index is 6.22.